The highest BCUT2D eigenvalue weighted by Gasteiger charge is 2.38. The van der Waals surface area contributed by atoms with E-state index < -0.39 is 22.4 Å². The molecule has 0 saturated carbocycles. The molecular formula is C25H31F3N6O3. The average Bonchev–Trinajstić information content (AvgIpc) is 3.33. The number of amides is 1. The van der Waals surface area contributed by atoms with Crippen LogP contribution in [0.4, 0.5) is 30.4 Å². The van der Waals surface area contributed by atoms with Gasteiger partial charge in [-0.1, -0.05) is 6.07 Å². The number of alkyl halides is 3. The van der Waals surface area contributed by atoms with Crippen LogP contribution in [0.15, 0.2) is 36.5 Å². The Bertz CT molecular complexity index is 1100. The van der Waals surface area contributed by atoms with Gasteiger partial charge in [0.2, 0.25) is 5.91 Å². The van der Waals surface area contributed by atoms with Crippen LogP contribution in [0.5, 0.6) is 0 Å². The SMILES string of the molecule is Cc1ccc(N2CCN(CCCC(=O)N3CC[C@H](Nc4ccc([N+](=O)[O-])c(C(F)(F)F)c4)C3)CC2)nc1. The van der Waals surface area contributed by atoms with Crippen LogP contribution >= 0.6 is 0 Å². The van der Waals surface area contributed by atoms with Crippen molar-refractivity contribution in [2.45, 2.75) is 38.4 Å². The van der Waals surface area contributed by atoms with Crippen molar-refractivity contribution < 1.29 is 22.9 Å². The van der Waals surface area contributed by atoms with Crippen LogP contribution in [-0.4, -0.2) is 77.5 Å². The van der Waals surface area contributed by atoms with Crippen molar-refractivity contribution in [1.82, 2.24) is 14.8 Å². The van der Waals surface area contributed by atoms with Crippen molar-refractivity contribution in [2.24, 2.45) is 0 Å². The number of nitrogens with one attached hydrogen (secondary N) is 1. The van der Waals surface area contributed by atoms with Gasteiger partial charge in [0.05, 0.1) is 4.92 Å². The third-order valence-corrected chi connectivity index (χ3v) is 6.87. The Hall–Kier alpha value is -3.41. The van der Waals surface area contributed by atoms with Crippen LogP contribution in [0.25, 0.3) is 0 Å². The summed E-state index contributed by atoms with van der Waals surface area (Å²) >= 11 is 0. The van der Waals surface area contributed by atoms with Gasteiger partial charge in [-0.05, 0) is 50.1 Å². The molecule has 1 aromatic heterocycles. The van der Waals surface area contributed by atoms with Gasteiger partial charge in [-0.3, -0.25) is 19.8 Å². The van der Waals surface area contributed by atoms with E-state index in [4.69, 9.17) is 0 Å². The van der Waals surface area contributed by atoms with Crippen LogP contribution in [0.3, 0.4) is 0 Å². The van der Waals surface area contributed by atoms with Gasteiger partial charge in [0.15, 0.2) is 0 Å². The molecule has 0 spiro atoms. The first-order chi connectivity index (χ1) is 17.6. The molecule has 2 fully saturated rings. The zero-order valence-electron chi connectivity index (χ0n) is 20.7. The standard InChI is InChI=1S/C25H31F3N6O3/c1-18-4-7-23(29-16-18)32-13-11-31(12-14-32)9-2-3-24(35)33-10-8-20(17-33)30-19-5-6-22(34(36)37)21(15-19)25(26,27)28/h4-7,15-16,20,30H,2-3,8-14,17H2,1H3/t20-/m0/s1. The van der Waals surface area contributed by atoms with Crippen molar-refractivity contribution in [2.75, 3.05) is 56.0 Å². The lowest BCUT2D eigenvalue weighted by molar-refractivity contribution is -0.388. The summed E-state index contributed by atoms with van der Waals surface area (Å²) in [6.45, 7) is 7.37. The number of halogens is 3. The fraction of sp³-hybridized carbons (Fsp3) is 0.520. The number of hydrogen-bond acceptors (Lipinski definition) is 7. The fourth-order valence-corrected chi connectivity index (χ4v) is 4.81. The molecule has 0 aliphatic carbocycles. The molecule has 1 aromatic carbocycles. The average molecular weight is 521 g/mol. The molecule has 1 atom stereocenters. The summed E-state index contributed by atoms with van der Waals surface area (Å²) in [5.74, 6) is 1.02. The lowest BCUT2D eigenvalue weighted by Crippen LogP contribution is -2.47. The summed E-state index contributed by atoms with van der Waals surface area (Å²) in [5, 5.41) is 13.9. The molecule has 200 valence electrons. The van der Waals surface area contributed by atoms with E-state index in [1.807, 2.05) is 19.2 Å². The molecule has 3 heterocycles. The first-order valence-electron chi connectivity index (χ1n) is 12.4. The minimum atomic E-state index is -4.83. The largest absolute Gasteiger partial charge is 0.423 e. The van der Waals surface area contributed by atoms with E-state index in [1.165, 1.54) is 6.07 Å². The Balaban J connectivity index is 1.19. The molecule has 2 aliphatic heterocycles. The molecule has 0 unspecified atom stereocenters. The number of nitro groups is 1. The number of nitrogens with zero attached hydrogens (tertiary/aromatic N) is 5. The zero-order valence-corrected chi connectivity index (χ0v) is 20.7. The third kappa shape index (κ3) is 6.88. The summed E-state index contributed by atoms with van der Waals surface area (Å²) in [4.78, 5) is 33.4. The van der Waals surface area contributed by atoms with E-state index in [-0.39, 0.29) is 17.6 Å². The maximum atomic E-state index is 13.2. The molecule has 1 amide bonds. The quantitative estimate of drug-likeness (QED) is 0.416. The number of aromatic nitrogens is 1. The molecule has 12 heteroatoms. The Morgan fingerprint density at radius 2 is 1.92 bits per heavy atom. The van der Waals surface area contributed by atoms with E-state index in [0.29, 0.717) is 25.9 Å². The molecule has 1 N–H and O–H groups in total. The second-order valence-electron chi connectivity index (χ2n) is 9.58. The zero-order chi connectivity index (χ0) is 26.6. The molecule has 4 rings (SSSR count). The third-order valence-electron chi connectivity index (χ3n) is 6.87. The van der Waals surface area contributed by atoms with Crippen molar-refractivity contribution in [3.63, 3.8) is 0 Å². The van der Waals surface area contributed by atoms with Crippen LogP contribution in [0, 0.1) is 17.0 Å². The molecule has 2 saturated heterocycles. The highest BCUT2D eigenvalue weighted by Crippen LogP contribution is 2.37. The van der Waals surface area contributed by atoms with Gasteiger partial charge >= 0.3 is 6.18 Å². The van der Waals surface area contributed by atoms with E-state index in [9.17, 15) is 28.1 Å². The summed E-state index contributed by atoms with van der Waals surface area (Å²) in [6, 6.07) is 6.78. The van der Waals surface area contributed by atoms with Gasteiger partial charge in [0.1, 0.15) is 11.4 Å². The number of carbonyl (C=O) groups is 1. The Kier molecular flexibility index (Phi) is 8.16. The van der Waals surface area contributed by atoms with E-state index >= 15 is 0 Å². The Labute approximate surface area is 213 Å². The minimum absolute atomic E-state index is 0.0338. The molecule has 9 nitrogen and oxygen atoms in total. The van der Waals surface area contributed by atoms with Gasteiger partial charge < -0.3 is 15.1 Å². The molecule has 0 bridgehead atoms. The van der Waals surface area contributed by atoms with E-state index in [1.54, 1.807) is 4.90 Å². The second-order valence-corrected chi connectivity index (χ2v) is 9.58. The number of aryl methyl sites for hydroxylation is 1. The number of likely N-dealkylation sites (tertiary alicyclic amines) is 1. The highest BCUT2D eigenvalue weighted by molar-refractivity contribution is 5.76. The highest BCUT2D eigenvalue weighted by atomic mass is 19.4. The van der Waals surface area contributed by atoms with Crippen molar-refractivity contribution in [3.05, 3.63) is 57.8 Å². The summed E-state index contributed by atoms with van der Waals surface area (Å²) in [5.41, 5.74) is -0.981. The van der Waals surface area contributed by atoms with Gasteiger partial charge in [0.25, 0.3) is 5.69 Å². The van der Waals surface area contributed by atoms with Crippen molar-refractivity contribution >= 4 is 23.1 Å². The van der Waals surface area contributed by atoms with E-state index in [0.717, 1.165) is 62.7 Å². The van der Waals surface area contributed by atoms with Gasteiger partial charge in [-0.15, -0.1) is 0 Å². The lowest BCUT2D eigenvalue weighted by atomic mass is 10.1. The predicted molar refractivity (Wildman–Crippen MR) is 134 cm³/mol. The maximum absolute atomic E-state index is 13.2. The number of rotatable bonds is 8. The number of piperazine rings is 1. The number of benzene rings is 1. The molecule has 0 radical (unpaired) electrons. The number of hydrogen-bond donors (Lipinski definition) is 1. The smallest absolute Gasteiger partial charge is 0.380 e. The summed E-state index contributed by atoms with van der Waals surface area (Å²) in [6.07, 6.45) is -1.20. The second kappa shape index (κ2) is 11.3. The Morgan fingerprint density at radius 1 is 1.16 bits per heavy atom. The topological polar surface area (TPSA) is 94.8 Å². The normalized spacial score (nSPS) is 18.8. The van der Waals surface area contributed by atoms with Crippen LogP contribution in [-0.2, 0) is 11.0 Å². The van der Waals surface area contributed by atoms with Crippen molar-refractivity contribution in [1.29, 1.82) is 0 Å². The first kappa shape index (κ1) is 26.6. The number of nitro benzene ring substituents is 1. The monoisotopic (exact) mass is 520 g/mol. The number of carbonyl (C=O) groups excluding carboxylic acids is 1. The van der Waals surface area contributed by atoms with Crippen LogP contribution < -0.4 is 10.2 Å². The molecule has 37 heavy (non-hydrogen) atoms. The summed E-state index contributed by atoms with van der Waals surface area (Å²) < 4.78 is 39.7. The molecular weight excluding hydrogens is 489 g/mol. The lowest BCUT2D eigenvalue weighted by Gasteiger charge is -2.35. The predicted octanol–water partition coefficient (Wildman–Crippen LogP) is 3.93. The minimum Gasteiger partial charge on any atom is -0.380 e. The summed E-state index contributed by atoms with van der Waals surface area (Å²) in [7, 11) is 0. The molecule has 2 aliphatic rings. The number of anilines is 2. The van der Waals surface area contributed by atoms with Crippen molar-refractivity contribution in [3.8, 4) is 0 Å². The van der Waals surface area contributed by atoms with Gasteiger partial charge in [-0.2, -0.15) is 13.2 Å². The van der Waals surface area contributed by atoms with Crippen LogP contribution in [0.1, 0.15) is 30.4 Å². The van der Waals surface area contributed by atoms with Gasteiger partial charge in [0, 0.05) is 69.7 Å². The Morgan fingerprint density at radius 3 is 2.57 bits per heavy atom. The number of pyridine rings is 1. The van der Waals surface area contributed by atoms with Crippen LogP contribution in [0.2, 0.25) is 0 Å². The maximum Gasteiger partial charge on any atom is 0.423 e. The van der Waals surface area contributed by atoms with Gasteiger partial charge in [-0.25, -0.2) is 4.98 Å². The first-order valence-corrected chi connectivity index (χ1v) is 12.4. The fourth-order valence-electron chi connectivity index (χ4n) is 4.81. The molecule has 2 aromatic rings. The van der Waals surface area contributed by atoms with E-state index in [2.05, 4.69) is 26.2 Å².